The molecule has 0 saturated heterocycles. The second-order valence-electron chi connectivity index (χ2n) is 6.07. The summed E-state index contributed by atoms with van der Waals surface area (Å²) in [4.78, 5) is 12.3. The van der Waals surface area contributed by atoms with Crippen LogP contribution in [0.5, 0.6) is 11.5 Å². The van der Waals surface area contributed by atoms with Gasteiger partial charge in [-0.15, -0.1) is 12.4 Å². The lowest BCUT2D eigenvalue weighted by Crippen LogP contribution is -2.32. The van der Waals surface area contributed by atoms with Gasteiger partial charge in [-0.25, -0.2) is 0 Å². The van der Waals surface area contributed by atoms with Gasteiger partial charge in [0, 0.05) is 12.0 Å². The molecule has 6 heteroatoms. The predicted octanol–water partition coefficient (Wildman–Crippen LogP) is 3.21. The molecule has 5 nitrogen and oxygen atoms in total. The van der Waals surface area contributed by atoms with Crippen molar-refractivity contribution in [1.29, 1.82) is 0 Å². The van der Waals surface area contributed by atoms with E-state index in [4.69, 9.17) is 15.2 Å². The van der Waals surface area contributed by atoms with Crippen LogP contribution in [0.3, 0.4) is 0 Å². The standard InChI is InChI=1S/C18H28N2O3.ClH/c1-4-22-16-9-7-13(11-17(16)23-5-2)12(3)20-18(21)14-6-8-15(19)10-14;/h7,9,11-12,14-15H,4-6,8,10,19H2,1-3H3,(H,20,21);1H. The Morgan fingerprint density at radius 1 is 1.25 bits per heavy atom. The van der Waals surface area contributed by atoms with Gasteiger partial charge in [0.25, 0.3) is 0 Å². The SMILES string of the molecule is CCOc1ccc(C(C)NC(=O)C2CCC(N)C2)cc1OCC.Cl. The summed E-state index contributed by atoms with van der Waals surface area (Å²) >= 11 is 0. The normalized spacial score (nSPS) is 20.8. The summed E-state index contributed by atoms with van der Waals surface area (Å²) in [5.41, 5.74) is 6.90. The van der Waals surface area contributed by atoms with E-state index in [1.54, 1.807) is 0 Å². The molecule has 136 valence electrons. The maximum Gasteiger partial charge on any atom is 0.223 e. The molecule has 3 N–H and O–H groups in total. The lowest BCUT2D eigenvalue weighted by atomic mass is 10.0. The maximum atomic E-state index is 12.3. The van der Waals surface area contributed by atoms with Crippen LogP contribution >= 0.6 is 12.4 Å². The first-order chi connectivity index (χ1) is 11.0. The molecule has 1 amide bonds. The summed E-state index contributed by atoms with van der Waals surface area (Å²) in [6, 6.07) is 5.90. The number of carbonyl (C=O) groups is 1. The Morgan fingerprint density at radius 2 is 1.92 bits per heavy atom. The third-order valence-electron chi connectivity index (χ3n) is 4.27. The molecule has 0 aliphatic heterocycles. The highest BCUT2D eigenvalue weighted by Gasteiger charge is 2.28. The van der Waals surface area contributed by atoms with Crippen molar-refractivity contribution in [3.05, 3.63) is 23.8 Å². The second-order valence-corrected chi connectivity index (χ2v) is 6.07. The lowest BCUT2D eigenvalue weighted by Gasteiger charge is -2.19. The van der Waals surface area contributed by atoms with Crippen LogP contribution in [0.4, 0.5) is 0 Å². The zero-order valence-corrected chi connectivity index (χ0v) is 15.5. The van der Waals surface area contributed by atoms with Gasteiger partial charge in [-0.3, -0.25) is 4.79 Å². The molecule has 0 heterocycles. The van der Waals surface area contributed by atoms with Gasteiger partial charge in [-0.1, -0.05) is 6.07 Å². The zero-order valence-electron chi connectivity index (χ0n) is 14.7. The first kappa shape index (κ1) is 20.6. The molecule has 3 atom stereocenters. The largest absolute Gasteiger partial charge is 0.490 e. The quantitative estimate of drug-likeness (QED) is 0.786. The molecule has 1 aromatic rings. The minimum atomic E-state index is -0.0748. The van der Waals surface area contributed by atoms with E-state index in [9.17, 15) is 4.79 Å². The van der Waals surface area contributed by atoms with Crippen LogP contribution < -0.4 is 20.5 Å². The zero-order chi connectivity index (χ0) is 16.8. The second kappa shape index (κ2) is 9.74. The molecule has 24 heavy (non-hydrogen) atoms. The van der Waals surface area contributed by atoms with Crippen LogP contribution in [0.15, 0.2) is 18.2 Å². The number of rotatable bonds is 7. The number of carbonyl (C=O) groups excluding carboxylic acids is 1. The van der Waals surface area contributed by atoms with Gasteiger partial charge in [0.1, 0.15) is 0 Å². The maximum absolute atomic E-state index is 12.3. The Hall–Kier alpha value is -1.46. The Kier molecular flexibility index (Phi) is 8.36. The summed E-state index contributed by atoms with van der Waals surface area (Å²) in [5.74, 6) is 1.59. The molecule has 0 bridgehead atoms. The van der Waals surface area contributed by atoms with Crippen molar-refractivity contribution >= 4 is 18.3 Å². The van der Waals surface area contributed by atoms with Crippen molar-refractivity contribution in [3.8, 4) is 11.5 Å². The fourth-order valence-electron chi connectivity index (χ4n) is 3.01. The molecule has 0 spiro atoms. The molecular formula is C18H29ClN2O3. The van der Waals surface area contributed by atoms with Crippen molar-refractivity contribution in [1.82, 2.24) is 5.32 Å². The van der Waals surface area contributed by atoms with E-state index >= 15 is 0 Å². The topological polar surface area (TPSA) is 73.6 Å². The van der Waals surface area contributed by atoms with Crippen molar-refractivity contribution < 1.29 is 14.3 Å². The van der Waals surface area contributed by atoms with Crippen molar-refractivity contribution in [2.24, 2.45) is 11.7 Å². The van der Waals surface area contributed by atoms with Gasteiger partial charge in [0.2, 0.25) is 5.91 Å². The van der Waals surface area contributed by atoms with Gasteiger partial charge in [-0.05, 0) is 57.7 Å². The Morgan fingerprint density at radius 3 is 2.50 bits per heavy atom. The first-order valence-electron chi connectivity index (χ1n) is 8.50. The summed E-state index contributed by atoms with van der Waals surface area (Å²) in [7, 11) is 0. The number of ether oxygens (including phenoxy) is 2. The molecule has 3 unspecified atom stereocenters. The number of hydrogen-bond acceptors (Lipinski definition) is 4. The van der Waals surface area contributed by atoms with Gasteiger partial charge in [-0.2, -0.15) is 0 Å². The number of hydrogen-bond donors (Lipinski definition) is 2. The molecule has 1 aliphatic carbocycles. The minimum absolute atomic E-state index is 0. The molecule has 1 fully saturated rings. The summed E-state index contributed by atoms with van der Waals surface area (Å²) < 4.78 is 11.2. The fourth-order valence-corrected chi connectivity index (χ4v) is 3.01. The minimum Gasteiger partial charge on any atom is -0.490 e. The van der Waals surface area contributed by atoms with E-state index in [-0.39, 0.29) is 36.3 Å². The van der Waals surface area contributed by atoms with Crippen molar-refractivity contribution in [2.45, 2.75) is 52.1 Å². The molecule has 1 aromatic carbocycles. The number of amides is 1. The number of benzene rings is 1. The fraction of sp³-hybridized carbons (Fsp3) is 0.611. The molecule has 1 saturated carbocycles. The third kappa shape index (κ3) is 5.28. The Bertz CT molecular complexity index is 539. The van der Waals surface area contributed by atoms with Crippen LogP contribution in [-0.2, 0) is 4.79 Å². The van der Waals surface area contributed by atoms with Gasteiger partial charge in [0.05, 0.1) is 19.3 Å². The van der Waals surface area contributed by atoms with E-state index in [0.717, 1.165) is 36.3 Å². The smallest absolute Gasteiger partial charge is 0.223 e. The monoisotopic (exact) mass is 356 g/mol. The van der Waals surface area contributed by atoms with Gasteiger partial charge >= 0.3 is 0 Å². The number of halogens is 1. The van der Waals surface area contributed by atoms with E-state index < -0.39 is 0 Å². The van der Waals surface area contributed by atoms with E-state index in [1.165, 1.54) is 0 Å². The van der Waals surface area contributed by atoms with Crippen LogP contribution in [-0.4, -0.2) is 25.2 Å². The molecular weight excluding hydrogens is 328 g/mol. The Labute approximate surface area is 150 Å². The molecule has 1 aliphatic rings. The highest BCUT2D eigenvalue weighted by Crippen LogP contribution is 2.31. The summed E-state index contributed by atoms with van der Waals surface area (Å²) in [6.07, 6.45) is 2.60. The van der Waals surface area contributed by atoms with E-state index in [2.05, 4.69) is 5.32 Å². The van der Waals surface area contributed by atoms with Crippen molar-refractivity contribution in [3.63, 3.8) is 0 Å². The highest BCUT2D eigenvalue weighted by molar-refractivity contribution is 5.85. The Balaban J connectivity index is 0.00000288. The predicted molar refractivity (Wildman–Crippen MR) is 97.9 cm³/mol. The van der Waals surface area contributed by atoms with Gasteiger partial charge < -0.3 is 20.5 Å². The third-order valence-corrected chi connectivity index (χ3v) is 4.27. The van der Waals surface area contributed by atoms with Crippen LogP contribution in [0.1, 0.15) is 51.6 Å². The molecule has 0 aromatic heterocycles. The van der Waals surface area contributed by atoms with Crippen molar-refractivity contribution in [2.75, 3.05) is 13.2 Å². The molecule has 2 rings (SSSR count). The van der Waals surface area contributed by atoms with E-state index in [0.29, 0.717) is 13.2 Å². The number of nitrogens with one attached hydrogen (secondary N) is 1. The van der Waals surface area contributed by atoms with Crippen LogP contribution in [0.2, 0.25) is 0 Å². The average molecular weight is 357 g/mol. The van der Waals surface area contributed by atoms with Crippen LogP contribution in [0.25, 0.3) is 0 Å². The van der Waals surface area contributed by atoms with Crippen LogP contribution in [0, 0.1) is 5.92 Å². The summed E-state index contributed by atoms with van der Waals surface area (Å²) in [6.45, 7) is 7.03. The van der Waals surface area contributed by atoms with E-state index in [1.807, 2.05) is 39.0 Å². The van der Waals surface area contributed by atoms with Gasteiger partial charge in [0.15, 0.2) is 11.5 Å². The molecule has 0 radical (unpaired) electrons. The highest BCUT2D eigenvalue weighted by atomic mass is 35.5. The number of nitrogens with two attached hydrogens (primary N) is 1. The lowest BCUT2D eigenvalue weighted by molar-refractivity contribution is -0.125. The average Bonchev–Trinajstić information content (AvgIpc) is 2.96. The first-order valence-corrected chi connectivity index (χ1v) is 8.50. The summed E-state index contributed by atoms with van der Waals surface area (Å²) in [5, 5.41) is 3.09.